The molecule has 0 saturated carbocycles. The van der Waals surface area contributed by atoms with E-state index in [9.17, 15) is 8.22 Å². The molecule has 0 saturated heterocycles. The Morgan fingerprint density at radius 3 is 1.40 bits per heavy atom. The van der Waals surface area contributed by atoms with Crippen LogP contribution in [0.1, 0.15) is 8.22 Å². The zero-order chi connectivity index (χ0) is 50.2. The molecule has 0 spiro atoms. The summed E-state index contributed by atoms with van der Waals surface area (Å²) >= 11 is 1.08. The van der Waals surface area contributed by atoms with Gasteiger partial charge in [0.15, 0.2) is 17.5 Å². The van der Waals surface area contributed by atoms with Gasteiger partial charge in [0.05, 0.1) is 13.8 Å². The lowest BCUT2D eigenvalue weighted by atomic mass is 9.93. The molecule has 3 heterocycles. The average molecular weight is 892 g/mol. The number of fused-ring (bicyclic) bond motifs is 6. The van der Waals surface area contributed by atoms with E-state index in [0.717, 1.165) is 66.6 Å². The molecule has 0 bridgehead atoms. The fourth-order valence-corrected chi connectivity index (χ4v) is 10.0. The lowest BCUT2D eigenvalue weighted by Gasteiger charge is -2.11. The standard InChI is InChI=1S/C63H39N3OS/c1-5-15-40(16-6-1)43-27-29-45(30-28-43)61-64-62(66-63(65-61)55-26-14-25-54-53-24-13-23-51(59(53)67-60(54)55)44-21-11-4-12-22-44)47-31-33-52-56-38-46(32-34-57(56)68-58(52)39-47)50-36-48(41-17-7-2-8-18-41)35-49(37-50)42-19-9-3-10-20-42/h1-39H/i31D,32D,33D,34D,38D,39D. The lowest BCUT2D eigenvalue weighted by molar-refractivity contribution is 0.670. The molecule has 4 nitrogen and oxygen atoms in total. The van der Waals surface area contributed by atoms with Gasteiger partial charge >= 0.3 is 0 Å². The van der Waals surface area contributed by atoms with Crippen molar-refractivity contribution in [3.05, 3.63) is 236 Å². The van der Waals surface area contributed by atoms with Crippen molar-refractivity contribution >= 4 is 53.4 Å². The second kappa shape index (κ2) is 16.6. The van der Waals surface area contributed by atoms with E-state index in [1.807, 2.05) is 194 Å². The van der Waals surface area contributed by atoms with Crippen molar-refractivity contribution in [3.8, 4) is 89.8 Å². The normalized spacial score (nSPS) is 12.8. The van der Waals surface area contributed by atoms with Gasteiger partial charge in [-0.2, -0.15) is 0 Å². The molecule has 0 aliphatic rings. The number of hydrogen-bond acceptors (Lipinski definition) is 5. The van der Waals surface area contributed by atoms with Crippen LogP contribution in [-0.4, -0.2) is 15.0 Å². The van der Waals surface area contributed by atoms with E-state index in [0.29, 0.717) is 43.1 Å². The van der Waals surface area contributed by atoms with Crippen molar-refractivity contribution in [1.29, 1.82) is 0 Å². The van der Waals surface area contributed by atoms with Crippen LogP contribution in [0.2, 0.25) is 0 Å². The number of benzene rings is 10. The molecule has 0 aliphatic carbocycles. The van der Waals surface area contributed by atoms with E-state index in [4.69, 9.17) is 19.4 Å². The Morgan fingerprint density at radius 2 is 0.779 bits per heavy atom. The molecule has 0 atom stereocenters. The minimum absolute atomic E-state index is 0.00968. The molecular weight excluding hydrogens is 847 g/mol. The van der Waals surface area contributed by atoms with Crippen LogP contribution in [-0.2, 0) is 0 Å². The first-order chi connectivity index (χ1) is 36.2. The van der Waals surface area contributed by atoms with Gasteiger partial charge in [0.1, 0.15) is 11.2 Å². The Hall–Kier alpha value is -8.77. The molecule has 3 aromatic heterocycles. The Balaban J connectivity index is 1.02. The van der Waals surface area contributed by atoms with E-state index in [2.05, 4.69) is 6.07 Å². The number of aromatic nitrogens is 3. The fourth-order valence-electron chi connectivity index (χ4n) is 9.03. The van der Waals surface area contributed by atoms with Crippen molar-refractivity contribution in [3.63, 3.8) is 0 Å². The van der Waals surface area contributed by atoms with Crippen molar-refractivity contribution < 1.29 is 12.6 Å². The van der Waals surface area contributed by atoms with Gasteiger partial charge in [0.2, 0.25) is 0 Å². The maximum Gasteiger partial charge on any atom is 0.167 e. The Morgan fingerprint density at radius 1 is 0.309 bits per heavy atom. The molecule has 0 fully saturated rings. The molecular formula is C63H39N3OS. The molecule has 318 valence electrons. The van der Waals surface area contributed by atoms with E-state index in [-0.39, 0.29) is 69.8 Å². The van der Waals surface area contributed by atoms with Gasteiger partial charge in [0.25, 0.3) is 0 Å². The summed E-state index contributed by atoms with van der Waals surface area (Å²) in [5.74, 6) is 0.563. The average Bonchev–Trinajstić information content (AvgIpc) is 4.09. The molecule has 68 heavy (non-hydrogen) atoms. The van der Waals surface area contributed by atoms with Crippen LogP contribution < -0.4 is 0 Å². The van der Waals surface area contributed by atoms with Crippen molar-refractivity contribution in [2.45, 2.75) is 0 Å². The number of para-hydroxylation sites is 2. The van der Waals surface area contributed by atoms with Crippen LogP contribution in [0.5, 0.6) is 0 Å². The maximum absolute atomic E-state index is 9.91. The molecule has 13 rings (SSSR count). The zero-order valence-corrected chi connectivity index (χ0v) is 37.0. The summed E-state index contributed by atoms with van der Waals surface area (Å²) in [7, 11) is 0. The summed E-state index contributed by atoms with van der Waals surface area (Å²) in [4.78, 5) is 15.1. The van der Waals surface area contributed by atoms with Crippen LogP contribution >= 0.6 is 11.3 Å². The minimum Gasteiger partial charge on any atom is -0.455 e. The van der Waals surface area contributed by atoms with Gasteiger partial charge in [-0.3, -0.25) is 0 Å². The number of thiophene rings is 1. The quantitative estimate of drug-likeness (QED) is 0.152. The second-order valence-electron chi connectivity index (χ2n) is 16.6. The van der Waals surface area contributed by atoms with Crippen LogP contribution in [0.3, 0.4) is 0 Å². The molecule has 0 amide bonds. The van der Waals surface area contributed by atoms with Crippen molar-refractivity contribution in [1.82, 2.24) is 15.0 Å². The van der Waals surface area contributed by atoms with E-state index in [1.54, 1.807) is 0 Å². The van der Waals surface area contributed by atoms with Gasteiger partial charge in [0, 0.05) is 47.6 Å². The molecule has 10 aromatic carbocycles. The summed E-state index contributed by atoms with van der Waals surface area (Å²) in [6, 6.07) is 64.8. The van der Waals surface area contributed by atoms with Gasteiger partial charge in [-0.15, -0.1) is 11.3 Å². The first kappa shape index (κ1) is 33.7. The molecule has 0 unspecified atom stereocenters. The highest BCUT2D eigenvalue weighted by molar-refractivity contribution is 7.25. The molecule has 0 N–H and O–H groups in total. The second-order valence-corrected chi connectivity index (χ2v) is 17.6. The van der Waals surface area contributed by atoms with Gasteiger partial charge in [-0.25, -0.2) is 15.0 Å². The molecule has 13 aromatic rings. The highest BCUT2D eigenvalue weighted by Gasteiger charge is 2.20. The first-order valence-electron chi connectivity index (χ1n) is 25.3. The third kappa shape index (κ3) is 7.14. The summed E-state index contributed by atoms with van der Waals surface area (Å²) < 4.78 is 65.5. The first-order valence-corrected chi connectivity index (χ1v) is 23.2. The van der Waals surface area contributed by atoms with Gasteiger partial charge < -0.3 is 4.42 Å². The number of rotatable bonds is 8. The Kier molecular flexibility index (Phi) is 8.21. The zero-order valence-electron chi connectivity index (χ0n) is 42.2. The highest BCUT2D eigenvalue weighted by atomic mass is 32.1. The number of nitrogens with zero attached hydrogens (tertiary/aromatic N) is 3. The van der Waals surface area contributed by atoms with E-state index in [1.165, 1.54) is 0 Å². The van der Waals surface area contributed by atoms with Gasteiger partial charge in [-0.1, -0.05) is 194 Å². The van der Waals surface area contributed by atoms with Crippen LogP contribution in [0.4, 0.5) is 0 Å². The van der Waals surface area contributed by atoms with Crippen LogP contribution in [0, 0.1) is 0 Å². The summed E-state index contributed by atoms with van der Waals surface area (Å²) in [6.45, 7) is 0. The predicted octanol–water partition coefficient (Wildman–Crippen LogP) is 17.5. The minimum atomic E-state index is -0.306. The predicted molar refractivity (Wildman–Crippen MR) is 283 cm³/mol. The largest absolute Gasteiger partial charge is 0.455 e. The number of furan rings is 1. The van der Waals surface area contributed by atoms with E-state index < -0.39 is 0 Å². The number of hydrogen-bond donors (Lipinski definition) is 0. The molecule has 0 radical (unpaired) electrons. The molecule has 0 aliphatic heterocycles. The van der Waals surface area contributed by atoms with Crippen LogP contribution in [0.25, 0.3) is 132 Å². The summed E-state index contributed by atoms with van der Waals surface area (Å²) in [5, 5.41) is 2.25. The lowest BCUT2D eigenvalue weighted by Crippen LogP contribution is -2.00. The summed E-state index contributed by atoms with van der Waals surface area (Å²) in [6.07, 6.45) is 0. The maximum atomic E-state index is 9.91. The van der Waals surface area contributed by atoms with Crippen LogP contribution in [0.15, 0.2) is 241 Å². The van der Waals surface area contributed by atoms with Gasteiger partial charge in [-0.05, 0) is 92.5 Å². The topological polar surface area (TPSA) is 51.8 Å². The van der Waals surface area contributed by atoms with E-state index >= 15 is 0 Å². The monoisotopic (exact) mass is 891 g/mol. The summed E-state index contributed by atoms with van der Waals surface area (Å²) in [5.41, 5.74) is 11.0. The van der Waals surface area contributed by atoms with Crippen molar-refractivity contribution in [2.24, 2.45) is 0 Å². The smallest absolute Gasteiger partial charge is 0.167 e. The molecule has 5 heteroatoms. The highest BCUT2D eigenvalue weighted by Crippen LogP contribution is 2.42. The third-order valence-electron chi connectivity index (χ3n) is 12.4. The Labute approximate surface area is 405 Å². The van der Waals surface area contributed by atoms with Crippen molar-refractivity contribution in [2.75, 3.05) is 0 Å². The fraction of sp³-hybridized carbons (Fsp3) is 0. The SMILES string of the molecule is [2H]c1c(-c2cc(-c3ccccc3)cc(-c3ccccc3)c2)c([2H])c2c(sc3c([2H])c(-c4nc(-c5ccc(-c6ccccc6)cc5)nc(-c5cccc6c5oc5c(-c7ccccc7)cccc56)n4)c([2H])c([2H])c32)c1[2H]. The Bertz CT molecular complexity index is 4300. The third-order valence-corrected chi connectivity index (χ3v) is 13.4.